The minimum absolute atomic E-state index is 0.0240. The van der Waals surface area contributed by atoms with E-state index in [9.17, 15) is 8.42 Å². The molecule has 1 N–H and O–H groups in total. The van der Waals surface area contributed by atoms with Gasteiger partial charge < -0.3 is 10.1 Å². The van der Waals surface area contributed by atoms with E-state index in [0.717, 1.165) is 21.3 Å². The van der Waals surface area contributed by atoms with E-state index in [1.54, 1.807) is 0 Å². The van der Waals surface area contributed by atoms with Crippen molar-refractivity contribution in [3.05, 3.63) is 64.1 Å². The van der Waals surface area contributed by atoms with Gasteiger partial charge in [0.15, 0.2) is 9.84 Å². The van der Waals surface area contributed by atoms with Crippen molar-refractivity contribution in [3.63, 3.8) is 0 Å². The molecular weight excluding hydrogens is 390 g/mol. The normalized spacial score (nSPS) is 19.3. The van der Waals surface area contributed by atoms with Crippen LogP contribution in [0.3, 0.4) is 0 Å². The molecule has 1 aliphatic rings. The highest BCUT2D eigenvalue weighted by atomic mass is 79.9. The maximum Gasteiger partial charge on any atom is 0.151 e. The predicted octanol–water partition coefficient (Wildman–Crippen LogP) is 3.30. The summed E-state index contributed by atoms with van der Waals surface area (Å²) in [7, 11) is -2.87. The van der Waals surface area contributed by atoms with Crippen LogP contribution in [0, 0.1) is 0 Å². The number of hydrogen-bond donors (Lipinski definition) is 1. The molecule has 1 heterocycles. The summed E-state index contributed by atoms with van der Waals surface area (Å²) in [6.07, 6.45) is 0.677. The second-order valence-electron chi connectivity index (χ2n) is 6.01. The summed E-state index contributed by atoms with van der Waals surface area (Å²) in [4.78, 5) is 0. The highest BCUT2D eigenvalue weighted by Gasteiger charge is 2.27. The number of hydrogen-bond acceptors (Lipinski definition) is 4. The monoisotopic (exact) mass is 409 g/mol. The molecule has 0 aromatic heterocycles. The van der Waals surface area contributed by atoms with Gasteiger partial charge in [-0.2, -0.15) is 0 Å². The van der Waals surface area contributed by atoms with Crippen LogP contribution >= 0.6 is 15.9 Å². The smallest absolute Gasteiger partial charge is 0.151 e. The van der Waals surface area contributed by atoms with Crippen molar-refractivity contribution in [2.75, 3.05) is 11.5 Å². The maximum absolute atomic E-state index is 11.6. The van der Waals surface area contributed by atoms with E-state index in [2.05, 4.69) is 21.2 Å². The molecule has 24 heavy (non-hydrogen) atoms. The maximum atomic E-state index is 11.6. The standard InChI is InChI=1S/C18H20BrNO3S/c19-16-6-7-18(23-12-14-4-2-1-3-5-14)15(10-16)11-20-17-8-9-24(21,22)13-17/h1-7,10,17,20H,8-9,11-13H2/t17-/m1/s1. The average Bonchev–Trinajstić information content (AvgIpc) is 2.92. The topological polar surface area (TPSA) is 55.4 Å². The fourth-order valence-corrected chi connectivity index (χ4v) is 4.89. The molecule has 0 unspecified atom stereocenters. The molecule has 2 aromatic rings. The molecular formula is C18H20BrNO3S. The number of halogens is 1. The summed E-state index contributed by atoms with van der Waals surface area (Å²) in [6.45, 7) is 1.09. The predicted molar refractivity (Wildman–Crippen MR) is 98.8 cm³/mol. The van der Waals surface area contributed by atoms with Crippen LogP contribution in [0.15, 0.2) is 53.0 Å². The van der Waals surface area contributed by atoms with Crippen LogP contribution in [0.5, 0.6) is 5.75 Å². The van der Waals surface area contributed by atoms with Gasteiger partial charge in [-0.1, -0.05) is 46.3 Å². The molecule has 0 bridgehead atoms. The first-order valence-electron chi connectivity index (χ1n) is 7.91. The van der Waals surface area contributed by atoms with Crippen LogP contribution in [0.25, 0.3) is 0 Å². The van der Waals surface area contributed by atoms with E-state index in [1.165, 1.54) is 0 Å². The lowest BCUT2D eigenvalue weighted by Gasteiger charge is -2.15. The molecule has 4 nitrogen and oxygen atoms in total. The van der Waals surface area contributed by atoms with Crippen LogP contribution in [0.4, 0.5) is 0 Å². The lowest BCUT2D eigenvalue weighted by atomic mass is 10.1. The third-order valence-corrected chi connectivity index (χ3v) is 6.33. The quantitative estimate of drug-likeness (QED) is 0.794. The molecule has 0 radical (unpaired) electrons. The SMILES string of the molecule is O=S1(=O)CC[C@@H](NCc2cc(Br)ccc2OCc2ccccc2)C1. The van der Waals surface area contributed by atoms with Gasteiger partial charge in [-0.15, -0.1) is 0 Å². The zero-order chi connectivity index (χ0) is 17.0. The second kappa shape index (κ2) is 7.68. The molecule has 0 aliphatic carbocycles. The molecule has 2 aromatic carbocycles. The number of rotatable bonds is 6. The Morgan fingerprint density at radius 1 is 1.17 bits per heavy atom. The van der Waals surface area contributed by atoms with Gasteiger partial charge in [0, 0.05) is 22.6 Å². The van der Waals surface area contributed by atoms with Crippen LogP contribution in [0.2, 0.25) is 0 Å². The zero-order valence-electron chi connectivity index (χ0n) is 13.2. The summed E-state index contributed by atoms with van der Waals surface area (Å²) in [5.74, 6) is 1.32. The molecule has 0 spiro atoms. The van der Waals surface area contributed by atoms with Crippen molar-refractivity contribution in [1.82, 2.24) is 5.32 Å². The Morgan fingerprint density at radius 3 is 2.67 bits per heavy atom. The van der Waals surface area contributed by atoms with E-state index in [4.69, 9.17) is 4.74 Å². The van der Waals surface area contributed by atoms with Gasteiger partial charge in [0.1, 0.15) is 12.4 Å². The van der Waals surface area contributed by atoms with Crippen LogP contribution < -0.4 is 10.1 Å². The second-order valence-corrected chi connectivity index (χ2v) is 9.15. The van der Waals surface area contributed by atoms with E-state index >= 15 is 0 Å². The Morgan fingerprint density at radius 2 is 1.96 bits per heavy atom. The van der Waals surface area contributed by atoms with Gasteiger partial charge in [-0.05, 0) is 30.2 Å². The molecule has 0 amide bonds. The zero-order valence-corrected chi connectivity index (χ0v) is 15.6. The highest BCUT2D eigenvalue weighted by molar-refractivity contribution is 9.10. The number of sulfone groups is 1. The van der Waals surface area contributed by atoms with Gasteiger partial charge in [0.25, 0.3) is 0 Å². The first kappa shape index (κ1) is 17.5. The van der Waals surface area contributed by atoms with Gasteiger partial charge in [-0.25, -0.2) is 8.42 Å². The highest BCUT2D eigenvalue weighted by Crippen LogP contribution is 2.25. The van der Waals surface area contributed by atoms with Crippen molar-refractivity contribution in [2.24, 2.45) is 0 Å². The molecule has 1 saturated heterocycles. The summed E-state index contributed by atoms with van der Waals surface area (Å²) in [5.41, 5.74) is 2.13. The summed E-state index contributed by atoms with van der Waals surface area (Å²) in [6, 6.07) is 15.9. The Labute approximate surface area is 151 Å². The molecule has 128 valence electrons. The lowest BCUT2D eigenvalue weighted by molar-refractivity contribution is 0.301. The molecule has 1 atom stereocenters. The molecule has 1 aliphatic heterocycles. The molecule has 1 fully saturated rings. The van der Waals surface area contributed by atoms with Crippen molar-refractivity contribution >= 4 is 25.8 Å². The molecule has 3 rings (SSSR count). The van der Waals surface area contributed by atoms with Crippen LogP contribution in [0.1, 0.15) is 17.5 Å². The number of benzene rings is 2. The van der Waals surface area contributed by atoms with Crippen molar-refractivity contribution in [2.45, 2.75) is 25.6 Å². The summed E-state index contributed by atoms with van der Waals surface area (Å²) >= 11 is 3.48. The van der Waals surface area contributed by atoms with Crippen molar-refractivity contribution in [1.29, 1.82) is 0 Å². The molecule has 6 heteroatoms. The van der Waals surface area contributed by atoms with E-state index in [1.807, 2.05) is 48.5 Å². The van der Waals surface area contributed by atoms with Crippen LogP contribution in [-0.2, 0) is 23.0 Å². The Hall–Kier alpha value is -1.37. The van der Waals surface area contributed by atoms with Gasteiger partial charge >= 0.3 is 0 Å². The van der Waals surface area contributed by atoms with Crippen LogP contribution in [-0.4, -0.2) is 26.0 Å². The Balaban J connectivity index is 1.64. The first-order chi connectivity index (χ1) is 11.5. The lowest BCUT2D eigenvalue weighted by Crippen LogP contribution is -2.29. The Kier molecular flexibility index (Phi) is 5.58. The van der Waals surface area contributed by atoms with E-state index in [0.29, 0.717) is 19.6 Å². The van der Waals surface area contributed by atoms with Crippen molar-refractivity contribution < 1.29 is 13.2 Å². The third-order valence-electron chi connectivity index (χ3n) is 4.07. The van der Waals surface area contributed by atoms with Gasteiger partial charge in [0.05, 0.1) is 11.5 Å². The van der Waals surface area contributed by atoms with E-state index in [-0.39, 0.29) is 17.5 Å². The largest absolute Gasteiger partial charge is 0.489 e. The molecule has 0 saturated carbocycles. The Bertz CT molecular complexity index is 793. The average molecular weight is 410 g/mol. The summed E-state index contributed by atoms with van der Waals surface area (Å²) < 4.78 is 30.1. The third kappa shape index (κ3) is 4.82. The van der Waals surface area contributed by atoms with Gasteiger partial charge in [-0.3, -0.25) is 0 Å². The minimum Gasteiger partial charge on any atom is -0.489 e. The van der Waals surface area contributed by atoms with Gasteiger partial charge in [0.2, 0.25) is 0 Å². The van der Waals surface area contributed by atoms with Crippen molar-refractivity contribution in [3.8, 4) is 5.75 Å². The summed E-state index contributed by atoms with van der Waals surface area (Å²) in [5, 5.41) is 3.34. The number of ether oxygens (including phenoxy) is 1. The first-order valence-corrected chi connectivity index (χ1v) is 10.5. The van der Waals surface area contributed by atoms with E-state index < -0.39 is 9.84 Å². The number of nitrogens with one attached hydrogen (secondary N) is 1. The fraction of sp³-hybridized carbons (Fsp3) is 0.333. The minimum atomic E-state index is -2.87. The fourth-order valence-electron chi connectivity index (χ4n) is 2.77.